The lowest BCUT2D eigenvalue weighted by molar-refractivity contribution is -0.119. The van der Waals surface area contributed by atoms with Crippen molar-refractivity contribution in [2.75, 3.05) is 13.2 Å². The second kappa shape index (κ2) is 7.08. The standard InChI is InChI=1S/C7H11ClN2O2S/c1-3-12-4-6(11)5(2)7(8)10-13-9/h2-4,9H2,1H3. The van der Waals surface area contributed by atoms with Crippen LogP contribution in [0.5, 0.6) is 0 Å². The van der Waals surface area contributed by atoms with Crippen LogP contribution in [0.3, 0.4) is 0 Å². The number of hydrogen-bond acceptors (Lipinski definition) is 5. The zero-order valence-electron chi connectivity index (χ0n) is 7.25. The van der Waals surface area contributed by atoms with Gasteiger partial charge >= 0.3 is 0 Å². The van der Waals surface area contributed by atoms with Gasteiger partial charge in [0, 0.05) is 6.61 Å². The molecule has 0 aliphatic carbocycles. The summed E-state index contributed by atoms with van der Waals surface area (Å²) in [7, 11) is 0. The largest absolute Gasteiger partial charge is 0.374 e. The van der Waals surface area contributed by atoms with Gasteiger partial charge in [-0.05, 0) is 6.92 Å². The highest BCUT2D eigenvalue weighted by Crippen LogP contribution is 2.05. The van der Waals surface area contributed by atoms with Crippen molar-refractivity contribution in [3.63, 3.8) is 0 Å². The van der Waals surface area contributed by atoms with E-state index in [9.17, 15) is 4.79 Å². The third kappa shape index (κ3) is 5.05. The summed E-state index contributed by atoms with van der Waals surface area (Å²) in [4.78, 5) is 11.2. The maximum absolute atomic E-state index is 11.2. The molecule has 0 aliphatic rings. The van der Waals surface area contributed by atoms with E-state index in [1.165, 1.54) is 0 Å². The molecule has 0 aromatic rings. The van der Waals surface area contributed by atoms with Gasteiger partial charge in [0.25, 0.3) is 0 Å². The molecule has 0 unspecified atom stereocenters. The van der Waals surface area contributed by atoms with Gasteiger partial charge in [0.05, 0.1) is 17.7 Å². The van der Waals surface area contributed by atoms with E-state index in [2.05, 4.69) is 11.0 Å². The first-order valence-corrected chi connectivity index (χ1v) is 4.74. The zero-order chi connectivity index (χ0) is 10.3. The Hall–Kier alpha value is -0.360. The van der Waals surface area contributed by atoms with Crippen LogP contribution in [0.1, 0.15) is 6.92 Å². The van der Waals surface area contributed by atoms with Crippen LogP contribution in [0.15, 0.2) is 16.5 Å². The van der Waals surface area contributed by atoms with Crippen molar-refractivity contribution >= 4 is 34.7 Å². The molecule has 0 fully saturated rings. The van der Waals surface area contributed by atoms with Gasteiger partial charge in [-0.2, -0.15) is 4.40 Å². The molecule has 4 nitrogen and oxygen atoms in total. The predicted octanol–water partition coefficient (Wildman–Crippen LogP) is 1.31. The number of Topliss-reactive ketones (excluding diaryl/α,β-unsaturated/α-hetero) is 1. The lowest BCUT2D eigenvalue weighted by Gasteiger charge is -2.01. The van der Waals surface area contributed by atoms with Crippen LogP contribution < -0.4 is 5.14 Å². The minimum atomic E-state index is -0.287. The van der Waals surface area contributed by atoms with Crippen LogP contribution >= 0.6 is 23.7 Å². The molecule has 0 aromatic carbocycles. The Bertz CT molecular complexity index is 231. The van der Waals surface area contributed by atoms with Gasteiger partial charge in [0.2, 0.25) is 0 Å². The van der Waals surface area contributed by atoms with Crippen molar-refractivity contribution < 1.29 is 9.53 Å². The maximum Gasteiger partial charge on any atom is 0.190 e. The number of carbonyl (C=O) groups is 1. The number of rotatable bonds is 6. The molecule has 74 valence electrons. The van der Waals surface area contributed by atoms with E-state index >= 15 is 0 Å². The molecule has 0 saturated carbocycles. The van der Waals surface area contributed by atoms with E-state index in [1.807, 2.05) is 0 Å². The molecule has 0 amide bonds. The van der Waals surface area contributed by atoms with Crippen LogP contribution in [0.25, 0.3) is 0 Å². The third-order valence-electron chi connectivity index (χ3n) is 1.16. The maximum atomic E-state index is 11.2. The molecule has 0 saturated heterocycles. The molecule has 0 aromatic heterocycles. The number of carbonyl (C=O) groups excluding carboxylic acids is 1. The van der Waals surface area contributed by atoms with Crippen LogP contribution in [0.4, 0.5) is 0 Å². The van der Waals surface area contributed by atoms with E-state index in [4.69, 9.17) is 21.5 Å². The first-order chi connectivity index (χ1) is 6.13. The first-order valence-electron chi connectivity index (χ1n) is 3.53. The molecule has 0 aliphatic heterocycles. The van der Waals surface area contributed by atoms with Crippen molar-refractivity contribution in [1.29, 1.82) is 0 Å². The topological polar surface area (TPSA) is 64.7 Å². The summed E-state index contributed by atoms with van der Waals surface area (Å²) in [6.45, 7) is 5.70. The first kappa shape index (κ1) is 12.6. The number of nitrogens with zero attached hydrogens (tertiary/aromatic N) is 1. The van der Waals surface area contributed by atoms with Gasteiger partial charge in [0.15, 0.2) is 5.78 Å². The second-order valence-electron chi connectivity index (χ2n) is 2.03. The fourth-order valence-corrected chi connectivity index (χ4v) is 0.926. The summed E-state index contributed by atoms with van der Waals surface area (Å²) in [5.41, 5.74) is 0.119. The van der Waals surface area contributed by atoms with E-state index in [0.29, 0.717) is 18.7 Å². The van der Waals surface area contributed by atoms with Gasteiger partial charge in [-0.1, -0.05) is 18.2 Å². The number of hydrogen-bond donors (Lipinski definition) is 1. The highest BCUT2D eigenvalue weighted by Gasteiger charge is 2.11. The number of ketones is 1. The molecule has 0 rings (SSSR count). The van der Waals surface area contributed by atoms with Gasteiger partial charge in [-0.25, -0.2) is 0 Å². The molecule has 0 heterocycles. The van der Waals surface area contributed by atoms with Crippen LogP contribution in [0.2, 0.25) is 0 Å². The molecule has 0 bridgehead atoms. The number of ether oxygens (including phenoxy) is 1. The van der Waals surface area contributed by atoms with Crippen LogP contribution in [-0.2, 0) is 9.53 Å². The van der Waals surface area contributed by atoms with Crippen molar-refractivity contribution in [2.24, 2.45) is 9.54 Å². The van der Waals surface area contributed by atoms with Crippen LogP contribution in [0, 0.1) is 0 Å². The Labute approximate surface area is 86.4 Å². The molecule has 0 radical (unpaired) electrons. The molecular weight excluding hydrogens is 212 g/mol. The lowest BCUT2D eigenvalue weighted by atomic mass is 10.2. The average Bonchev–Trinajstić information content (AvgIpc) is 2.13. The molecule has 6 heteroatoms. The zero-order valence-corrected chi connectivity index (χ0v) is 8.82. The summed E-state index contributed by atoms with van der Waals surface area (Å²) < 4.78 is 8.44. The summed E-state index contributed by atoms with van der Waals surface area (Å²) in [6, 6.07) is 0. The quantitative estimate of drug-likeness (QED) is 0.418. The highest BCUT2D eigenvalue weighted by molar-refractivity contribution is 7.96. The molecule has 0 atom stereocenters. The minimum absolute atomic E-state index is 0.0113. The summed E-state index contributed by atoms with van der Waals surface area (Å²) in [5, 5.41) is 5.04. The summed E-state index contributed by atoms with van der Waals surface area (Å²) >= 11 is 6.26. The van der Waals surface area contributed by atoms with Gasteiger partial charge in [-0.3, -0.25) is 9.93 Å². The lowest BCUT2D eigenvalue weighted by Crippen LogP contribution is -2.14. The van der Waals surface area contributed by atoms with Gasteiger partial charge in [-0.15, -0.1) is 0 Å². The van der Waals surface area contributed by atoms with Crippen molar-refractivity contribution in [2.45, 2.75) is 6.92 Å². The Morgan fingerprint density at radius 1 is 1.77 bits per heavy atom. The Morgan fingerprint density at radius 3 is 2.85 bits per heavy atom. The Balaban J connectivity index is 4.10. The highest BCUT2D eigenvalue weighted by atomic mass is 35.5. The predicted molar refractivity (Wildman–Crippen MR) is 55.7 cm³/mol. The monoisotopic (exact) mass is 222 g/mol. The van der Waals surface area contributed by atoms with E-state index in [0.717, 1.165) is 0 Å². The summed E-state index contributed by atoms with van der Waals surface area (Å²) in [6.07, 6.45) is 0. The molecule has 2 N–H and O–H groups in total. The fourth-order valence-electron chi connectivity index (χ4n) is 0.498. The van der Waals surface area contributed by atoms with E-state index in [1.54, 1.807) is 6.92 Å². The van der Waals surface area contributed by atoms with E-state index < -0.39 is 0 Å². The summed E-state index contributed by atoms with van der Waals surface area (Å²) in [5.74, 6) is -0.287. The second-order valence-corrected chi connectivity index (χ2v) is 2.78. The normalized spacial score (nSPS) is 11.5. The van der Waals surface area contributed by atoms with Crippen molar-refractivity contribution in [3.8, 4) is 0 Å². The molecular formula is C7H11ClN2O2S. The fraction of sp³-hybridized carbons (Fsp3) is 0.429. The van der Waals surface area contributed by atoms with Crippen molar-refractivity contribution in [3.05, 3.63) is 12.2 Å². The van der Waals surface area contributed by atoms with E-state index in [-0.39, 0.29) is 23.1 Å². The Morgan fingerprint density at radius 2 is 2.38 bits per heavy atom. The minimum Gasteiger partial charge on any atom is -0.374 e. The van der Waals surface area contributed by atoms with Crippen molar-refractivity contribution in [1.82, 2.24) is 0 Å². The SMILES string of the molecule is C=C(C(=O)COCC)C(Cl)=NSN. The molecule has 13 heavy (non-hydrogen) atoms. The van der Waals surface area contributed by atoms with Gasteiger partial charge < -0.3 is 4.74 Å². The van der Waals surface area contributed by atoms with Gasteiger partial charge in [0.1, 0.15) is 11.8 Å². The molecule has 0 spiro atoms. The Kier molecular flexibility index (Phi) is 6.89. The average molecular weight is 223 g/mol. The number of halogens is 1. The van der Waals surface area contributed by atoms with Crippen LogP contribution in [-0.4, -0.2) is 24.2 Å². The number of nitrogens with two attached hydrogens (primary N) is 1. The third-order valence-corrected chi connectivity index (χ3v) is 1.86. The smallest absolute Gasteiger partial charge is 0.190 e.